The van der Waals surface area contributed by atoms with E-state index in [-0.39, 0.29) is 5.82 Å². The van der Waals surface area contributed by atoms with Gasteiger partial charge in [-0.3, -0.25) is 0 Å². The molecule has 0 aliphatic carbocycles. The zero-order chi connectivity index (χ0) is 22.6. The minimum absolute atomic E-state index is 0.273. The van der Waals surface area contributed by atoms with Crippen molar-refractivity contribution >= 4 is 11.6 Å². The van der Waals surface area contributed by atoms with Gasteiger partial charge < -0.3 is 19.9 Å². The van der Waals surface area contributed by atoms with Crippen LogP contribution in [0.15, 0.2) is 67.1 Å². The summed E-state index contributed by atoms with van der Waals surface area (Å²) in [6.07, 6.45) is 5.62. The molecule has 0 atom stereocenters. The van der Waals surface area contributed by atoms with E-state index >= 15 is 0 Å². The fourth-order valence-electron chi connectivity index (χ4n) is 4.18. The smallest absolute Gasteiger partial charge is 0.227 e. The van der Waals surface area contributed by atoms with Crippen molar-refractivity contribution < 1.29 is 9.13 Å². The van der Waals surface area contributed by atoms with Crippen molar-refractivity contribution in [2.75, 3.05) is 25.5 Å². The summed E-state index contributed by atoms with van der Waals surface area (Å²) < 4.78 is 21.1. The highest BCUT2D eigenvalue weighted by Gasteiger charge is 2.23. The van der Waals surface area contributed by atoms with Crippen LogP contribution in [0.4, 0.5) is 16.0 Å². The largest absolute Gasteiger partial charge is 0.497 e. The molecule has 5 rings (SSSR count). The summed E-state index contributed by atoms with van der Waals surface area (Å²) in [5, 5.41) is 6.67. The maximum atomic E-state index is 13.6. The molecule has 0 spiro atoms. The molecule has 0 unspecified atom stereocenters. The Morgan fingerprint density at radius 1 is 1.06 bits per heavy atom. The van der Waals surface area contributed by atoms with E-state index in [2.05, 4.69) is 20.2 Å². The molecule has 3 heterocycles. The van der Waals surface area contributed by atoms with Gasteiger partial charge in [0.05, 0.1) is 30.5 Å². The molecule has 0 bridgehead atoms. The second kappa shape index (κ2) is 9.38. The van der Waals surface area contributed by atoms with Crippen molar-refractivity contribution in [3.63, 3.8) is 0 Å². The van der Waals surface area contributed by atoms with Gasteiger partial charge >= 0.3 is 0 Å². The third-order valence-electron chi connectivity index (χ3n) is 5.84. The van der Waals surface area contributed by atoms with Gasteiger partial charge in [0, 0.05) is 29.6 Å². The van der Waals surface area contributed by atoms with E-state index in [1.807, 2.05) is 36.7 Å². The number of hydrogen-bond donors (Lipinski definition) is 2. The Morgan fingerprint density at radius 3 is 2.67 bits per heavy atom. The fourth-order valence-corrected chi connectivity index (χ4v) is 4.18. The molecule has 0 radical (unpaired) electrons. The van der Waals surface area contributed by atoms with Gasteiger partial charge in [-0.15, -0.1) is 0 Å². The fraction of sp³-hybridized carbons (Fsp3) is 0.240. The predicted octanol–water partition coefficient (Wildman–Crippen LogP) is 4.82. The van der Waals surface area contributed by atoms with Crippen LogP contribution in [0.3, 0.4) is 0 Å². The normalized spacial score (nSPS) is 14.2. The molecule has 0 saturated carbocycles. The Morgan fingerprint density at radius 2 is 1.88 bits per heavy atom. The number of halogens is 1. The molecule has 2 N–H and O–H groups in total. The molecule has 0 amide bonds. The van der Waals surface area contributed by atoms with E-state index in [9.17, 15) is 4.39 Å². The summed E-state index contributed by atoms with van der Waals surface area (Å²) in [6.45, 7) is 1.92. The number of nitrogens with zero attached hydrogens (tertiary/aromatic N) is 4. The molecule has 4 aromatic rings. The molecule has 33 heavy (non-hydrogen) atoms. The van der Waals surface area contributed by atoms with Crippen molar-refractivity contribution in [3.8, 4) is 28.4 Å². The molecule has 2 aromatic heterocycles. The van der Waals surface area contributed by atoms with Gasteiger partial charge in [-0.2, -0.15) is 0 Å². The Hall–Kier alpha value is -3.78. The maximum Gasteiger partial charge on any atom is 0.227 e. The Balaban J connectivity index is 1.56. The highest BCUT2D eigenvalue weighted by molar-refractivity contribution is 5.77. The minimum Gasteiger partial charge on any atom is -0.497 e. The lowest BCUT2D eigenvalue weighted by Crippen LogP contribution is -2.29. The summed E-state index contributed by atoms with van der Waals surface area (Å²) in [5.74, 6) is 0.951. The molecule has 1 fully saturated rings. The van der Waals surface area contributed by atoms with E-state index in [0.29, 0.717) is 12.0 Å². The van der Waals surface area contributed by atoms with E-state index in [1.165, 1.54) is 12.1 Å². The van der Waals surface area contributed by atoms with Crippen LogP contribution >= 0.6 is 0 Å². The van der Waals surface area contributed by atoms with Crippen LogP contribution in [0.2, 0.25) is 0 Å². The number of ether oxygens (including phenoxy) is 1. The number of imidazole rings is 1. The van der Waals surface area contributed by atoms with Gasteiger partial charge in [-0.25, -0.2) is 19.3 Å². The number of methoxy groups -OCH3 is 1. The number of hydrogen-bond acceptors (Lipinski definition) is 6. The summed E-state index contributed by atoms with van der Waals surface area (Å²) >= 11 is 0. The summed E-state index contributed by atoms with van der Waals surface area (Å²) in [5.41, 5.74) is 4.12. The summed E-state index contributed by atoms with van der Waals surface area (Å²) in [6, 6.07) is 16.2. The van der Waals surface area contributed by atoms with E-state index < -0.39 is 0 Å². The van der Waals surface area contributed by atoms with Crippen LogP contribution in [0.5, 0.6) is 5.75 Å². The average molecular weight is 445 g/mol. The quantitative estimate of drug-likeness (QED) is 0.444. The number of nitrogens with one attached hydrogen (secondary N) is 2. The standard InChI is InChI=1S/C25H25FN6O/c1-33-21-4-2-3-19(15-21)30-25-28-14-11-22(31-25)24-23(17-5-7-18(26)8-6-17)29-16-32(24)20-9-12-27-13-10-20/h2-8,11,14-16,20,27H,9-10,12-13H2,1H3,(H,28,30,31). The van der Waals surface area contributed by atoms with Gasteiger partial charge in [-0.05, 0) is 68.4 Å². The second-order valence-corrected chi connectivity index (χ2v) is 7.96. The van der Waals surface area contributed by atoms with E-state index in [4.69, 9.17) is 14.7 Å². The van der Waals surface area contributed by atoms with Crippen molar-refractivity contribution in [3.05, 3.63) is 72.9 Å². The molecule has 168 valence electrons. The number of rotatable bonds is 6. The van der Waals surface area contributed by atoms with Crippen molar-refractivity contribution in [1.29, 1.82) is 0 Å². The average Bonchev–Trinajstić information content (AvgIpc) is 3.31. The van der Waals surface area contributed by atoms with Gasteiger partial charge in [0.1, 0.15) is 11.6 Å². The first-order valence-corrected chi connectivity index (χ1v) is 11.0. The first-order valence-electron chi connectivity index (χ1n) is 11.0. The van der Waals surface area contributed by atoms with Crippen LogP contribution < -0.4 is 15.4 Å². The predicted molar refractivity (Wildman–Crippen MR) is 126 cm³/mol. The van der Waals surface area contributed by atoms with Gasteiger partial charge in [-0.1, -0.05) is 6.07 Å². The lowest BCUT2D eigenvalue weighted by Gasteiger charge is -2.25. The molecule has 1 saturated heterocycles. The number of aromatic nitrogens is 4. The SMILES string of the molecule is COc1cccc(Nc2nccc(-c3c(-c4ccc(F)cc4)ncn3C3CCNCC3)n2)c1. The molecular formula is C25H25FN6O. The second-order valence-electron chi connectivity index (χ2n) is 7.96. The van der Waals surface area contributed by atoms with E-state index in [0.717, 1.165) is 60.0 Å². The third kappa shape index (κ3) is 4.56. The number of piperidine rings is 1. The number of anilines is 2. The van der Waals surface area contributed by atoms with Crippen LogP contribution in [-0.4, -0.2) is 39.7 Å². The number of benzene rings is 2. The highest BCUT2D eigenvalue weighted by Crippen LogP contribution is 2.35. The molecule has 8 heteroatoms. The highest BCUT2D eigenvalue weighted by atomic mass is 19.1. The molecular weight excluding hydrogens is 419 g/mol. The minimum atomic E-state index is -0.273. The molecule has 2 aromatic carbocycles. The van der Waals surface area contributed by atoms with Gasteiger partial charge in [0.25, 0.3) is 0 Å². The van der Waals surface area contributed by atoms with Crippen molar-refractivity contribution in [2.45, 2.75) is 18.9 Å². The van der Waals surface area contributed by atoms with Crippen LogP contribution in [0.25, 0.3) is 22.6 Å². The molecule has 7 nitrogen and oxygen atoms in total. The molecule has 1 aliphatic heterocycles. The zero-order valence-corrected chi connectivity index (χ0v) is 18.3. The lowest BCUT2D eigenvalue weighted by molar-refractivity contribution is 0.370. The Kier molecular flexibility index (Phi) is 5.99. The Labute approximate surface area is 191 Å². The van der Waals surface area contributed by atoms with Gasteiger partial charge in [0.2, 0.25) is 5.95 Å². The van der Waals surface area contributed by atoms with Gasteiger partial charge in [0.15, 0.2) is 0 Å². The van der Waals surface area contributed by atoms with Crippen molar-refractivity contribution in [1.82, 2.24) is 24.8 Å². The zero-order valence-electron chi connectivity index (χ0n) is 18.3. The first-order chi connectivity index (χ1) is 16.2. The van der Waals surface area contributed by atoms with Crippen LogP contribution in [0, 0.1) is 5.82 Å². The van der Waals surface area contributed by atoms with Crippen LogP contribution in [-0.2, 0) is 0 Å². The Bertz CT molecular complexity index is 1230. The molecule has 1 aliphatic rings. The van der Waals surface area contributed by atoms with Crippen molar-refractivity contribution in [2.24, 2.45) is 0 Å². The summed E-state index contributed by atoms with van der Waals surface area (Å²) in [4.78, 5) is 13.9. The summed E-state index contributed by atoms with van der Waals surface area (Å²) in [7, 11) is 1.63. The third-order valence-corrected chi connectivity index (χ3v) is 5.84. The lowest BCUT2D eigenvalue weighted by atomic mass is 10.0. The topological polar surface area (TPSA) is 76.9 Å². The first kappa shape index (κ1) is 21.1. The van der Waals surface area contributed by atoms with E-state index in [1.54, 1.807) is 25.4 Å². The maximum absolute atomic E-state index is 13.6. The van der Waals surface area contributed by atoms with Crippen LogP contribution in [0.1, 0.15) is 18.9 Å². The monoisotopic (exact) mass is 444 g/mol.